The minimum Gasteiger partial charge on any atom is -0.481 e. The van der Waals surface area contributed by atoms with Crippen LogP contribution in [0, 0.1) is 5.92 Å². The minimum atomic E-state index is -0.962. The van der Waals surface area contributed by atoms with Crippen molar-refractivity contribution in [1.82, 2.24) is 4.90 Å². The van der Waals surface area contributed by atoms with Crippen LogP contribution in [0.2, 0.25) is 0 Å². The Morgan fingerprint density at radius 2 is 2.36 bits per heavy atom. The van der Waals surface area contributed by atoms with E-state index in [2.05, 4.69) is 26.0 Å². The molecule has 1 aromatic rings. The van der Waals surface area contributed by atoms with Crippen LogP contribution in [0.25, 0.3) is 10.4 Å². The number of azide groups is 1. The van der Waals surface area contributed by atoms with Gasteiger partial charge in [0.25, 0.3) is 0 Å². The van der Waals surface area contributed by atoms with E-state index in [0.29, 0.717) is 6.54 Å². The summed E-state index contributed by atoms with van der Waals surface area (Å²) in [4.78, 5) is 27.7. The Labute approximate surface area is 135 Å². The Morgan fingerprint density at radius 3 is 3.00 bits per heavy atom. The molecule has 0 spiro atoms. The van der Waals surface area contributed by atoms with Crippen molar-refractivity contribution in [2.24, 2.45) is 11.0 Å². The second-order valence-corrected chi connectivity index (χ2v) is 6.11. The van der Waals surface area contributed by atoms with E-state index in [0.717, 1.165) is 10.0 Å². The SMILES string of the molecule is [N-]=[N+]=NCC1CC(=O)N(C(CC(=O)O)c2cccc(Br)c2)C1. The number of aliphatic carboxylic acids is 1. The fraction of sp³-hybridized carbons (Fsp3) is 0.429. The first kappa shape index (κ1) is 16.3. The summed E-state index contributed by atoms with van der Waals surface area (Å²) in [6.07, 6.45) is 0.125. The maximum absolute atomic E-state index is 12.2. The summed E-state index contributed by atoms with van der Waals surface area (Å²) in [7, 11) is 0. The predicted molar refractivity (Wildman–Crippen MR) is 83.0 cm³/mol. The molecule has 1 amide bonds. The van der Waals surface area contributed by atoms with Gasteiger partial charge in [0, 0.05) is 28.9 Å². The number of carboxylic acid groups (broad SMARTS) is 1. The molecule has 2 unspecified atom stereocenters. The van der Waals surface area contributed by atoms with Crippen LogP contribution >= 0.6 is 15.9 Å². The standard InChI is InChI=1S/C14H15BrN4O3/c15-11-3-1-2-10(5-11)12(6-14(21)22)19-8-9(4-13(19)20)7-17-18-16/h1-3,5,9,12H,4,6-8H2,(H,21,22). The first-order valence-corrected chi connectivity index (χ1v) is 7.58. The van der Waals surface area contributed by atoms with Crippen LogP contribution in [0.5, 0.6) is 0 Å². The van der Waals surface area contributed by atoms with Gasteiger partial charge in [-0.2, -0.15) is 0 Å². The number of likely N-dealkylation sites (tertiary alicyclic amines) is 1. The highest BCUT2D eigenvalue weighted by Crippen LogP contribution is 2.32. The van der Waals surface area contributed by atoms with Crippen LogP contribution in [0.3, 0.4) is 0 Å². The Kier molecular flexibility index (Phi) is 5.41. The molecular weight excluding hydrogens is 352 g/mol. The van der Waals surface area contributed by atoms with Gasteiger partial charge in [-0.3, -0.25) is 9.59 Å². The van der Waals surface area contributed by atoms with Crippen molar-refractivity contribution in [3.63, 3.8) is 0 Å². The molecule has 1 fully saturated rings. The zero-order valence-corrected chi connectivity index (χ0v) is 13.3. The fourth-order valence-corrected chi connectivity index (χ4v) is 3.09. The van der Waals surface area contributed by atoms with Gasteiger partial charge in [0.1, 0.15) is 0 Å². The first-order chi connectivity index (χ1) is 10.5. The zero-order valence-electron chi connectivity index (χ0n) is 11.7. The molecule has 116 valence electrons. The van der Waals surface area contributed by atoms with E-state index in [1.54, 1.807) is 4.90 Å². The van der Waals surface area contributed by atoms with Crippen molar-refractivity contribution in [3.05, 3.63) is 44.7 Å². The summed E-state index contributed by atoms with van der Waals surface area (Å²) in [6, 6.07) is 6.77. The molecule has 1 aliphatic heterocycles. The average molecular weight is 367 g/mol. The summed E-state index contributed by atoms with van der Waals surface area (Å²) in [6.45, 7) is 0.652. The van der Waals surface area contributed by atoms with Crippen LogP contribution in [-0.4, -0.2) is 35.0 Å². The molecule has 2 atom stereocenters. The molecule has 1 heterocycles. The van der Waals surface area contributed by atoms with E-state index in [9.17, 15) is 9.59 Å². The Morgan fingerprint density at radius 1 is 1.59 bits per heavy atom. The van der Waals surface area contributed by atoms with Crippen LogP contribution in [0.4, 0.5) is 0 Å². The molecule has 0 aromatic heterocycles. The molecule has 2 rings (SSSR count). The predicted octanol–water partition coefficient (Wildman–Crippen LogP) is 3.12. The molecule has 8 heteroatoms. The van der Waals surface area contributed by atoms with Crippen molar-refractivity contribution in [1.29, 1.82) is 0 Å². The third-order valence-corrected chi connectivity index (χ3v) is 4.11. The number of carbonyl (C=O) groups excluding carboxylic acids is 1. The van der Waals surface area contributed by atoms with Gasteiger partial charge >= 0.3 is 5.97 Å². The molecule has 1 N–H and O–H groups in total. The molecule has 22 heavy (non-hydrogen) atoms. The third-order valence-electron chi connectivity index (χ3n) is 3.62. The lowest BCUT2D eigenvalue weighted by molar-refractivity contribution is -0.139. The van der Waals surface area contributed by atoms with Crippen LogP contribution in [-0.2, 0) is 9.59 Å². The van der Waals surface area contributed by atoms with Crippen molar-refractivity contribution in [3.8, 4) is 0 Å². The number of hydrogen-bond acceptors (Lipinski definition) is 3. The van der Waals surface area contributed by atoms with Crippen LogP contribution in [0.15, 0.2) is 33.9 Å². The van der Waals surface area contributed by atoms with Crippen molar-refractivity contribution in [2.45, 2.75) is 18.9 Å². The second kappa shape index (κ2) is 7.29. The second-order valence-electron chi connectivity index (χ2n) is 5.20. The van der Waals surface area contributed by atoms with Crippen molar-refractivity contribution in [2.75, 3.05) is 13.1 Å². The van der Waals surface area contributed by atoms with Gasteiger partial charge in [-0.15, -0.1) is 0 Å². The number of carboxylic acids is 1. The minimum absolute atomic E-state index is 0.0631. The monoisotopic (exact) mass is 366 g/mol. The van der Waals surface area contributed by atoms with Gasteiger partial charge in [0.2, 0.25) is 5.91 Å². The summed E-state index contributed by atoms with van der Waals surface area (Å²) < 4.78 is 0.831. The molecule has 1 aromatic carbocycles. The summed E-state index contributed by atoms with van der Waals surface area (Å²) >= 11 is 3.36. The van der Waals surface area contributed by atoms with Gasteiger partial charge in [-0.1, -0.05) is 33.2 Å². The number of amides is 1. The molecule has 7 nitrogen and oxygen atoms in total. The third kappa shape index (κ3) is 3.99. The van der Waals surface area contributed by atoms with E-state index >= 15 is 0 Å². The highest BCUT2D eigenvalue weighted by atomic mass is 79.9. The molecule has 0 aliphatic carbocycles. The summed E-state index contributed by atoms with van der Waals surface area (Å²) in [5.74, 6) is -1.13. The van der Waals surface area contributed by atoms with E-state index in [-0.39, 0.29) is 31.2 Å². The highest BCUT2D eigenvalue weighted by Gasteiger charge is 2.35. The van der Waals surface area contributed by atoms with Crippen LogP contribution in [0.1, 0.15) is 24.4 Å². The molecule has 1 aliphatic rings. The number of carbonyl (C=O) groups is 2. The van der Waals surface area contributed by atoms with Gasteiger partial charge in [0.05, 0.1) is 12.5 Å². The summed E-state index contributed by atoms with van der Waals surface area (Å²) in [5.41, 5.74) is 9.14. The lowest BCUT2D eigenvalue weighted by Crippen LogP contribution is -2.32. The maximum atomic E-state index is 12.2. The maximum Gasteiger partial charge on any atom is 0.305 e. The van der Waals surface area contributed by atoms with Gasteiger partial charge < -0.3 is 10.0 Å². The number of hydrogen-bond donors (Lipinski definition) is 1. The molecular formula is C14H15BrN4O3. The van der Waals surface area contributed by atoms with E-state index in [4.69, 9.17) is 10.6 Å². The zero-order chi connectivity index (χ0) is 16.1. The number of benzene rings is 1. The molecule has 0 saturated carbocycles. The fourth-order valence-electron chi connectivity index (χ4n) is 2.67. The van der Waals surface area contributed by atoms with E-state index < -0.39 is 12.0 Å². The Balaban J connectivity index is 2.24. The average Bonchev–Trinajstić information content (AvgIpc) is 2.83. The van der Waals surface area contributed by atoms with Crippen LogP contribution < -0.4 is 0 Å². The Bertz CT molecular complexity index is 630. The number of rotatable bonds is 6. The van der Waals surface area contributed by atoms with Crippen molar-refractivity contribution >= 4 is 27.8 Å². The van der Waals surface area contributed by atoms with Gasteiger partial charge in [-0.05, 0) is 29.1 Å². The van der Waals surface area contributed by atoms with E-state index in [1.165, 1.54) is 0 Å². The number of halogens is 1. The van der Waals surface area contributed by atoms with Crippen molar-refractivity contribution < 1.29 is 14.7 Å². The number of nitrogens with zero attached hydrogens (tertiary/aromatic N) is 4. The first-order valence-electron chi connectivity index (χ1n) is 6.79. The van der Waals surface area contributed by atoms with E-state index in [1.807, 2.05) is 24.3 Å². The normalized spacial score (nSPS) is 18.9. The molecule has 0 radical (unpaired) electrons. The van der Waals surface area contributed by atoms with Gasteiger partial charge in [0.15, 0.2) is 0 Å². The lowest BCUT2D eigenvalue weighted by Gasteiger charge is -2.27. The lowest BCUT2D eigenvalue weighted by atomic mass is 10.0. The van der Waals surface area contributed by atoms with Gasteiger partial charge in [-0.25, -0.2) is 0 Å². The largest absolute Gasteiger partial charge is 0.481 e. The molecule has 1 saturated heterocycles. The summed E-state index contributed by atoms with van der Waals surface area (Å²) in [5, 5.41) is 12.7. The Hall–Kier alpha value is -2.05. The highest BCUT2D eigenvalue weighted by molar-refractivity contribution is 9.10. The topological polar surface area (TPSA) is 106 Å². The quantitative estimate of drug-likeness (QED) is 0.474. The smallest absolute Gasteiger partial charge is 0.305 e. The molecule has 0 bridgehead atoms.